The minimum Gasteiger partial charge on any atom is -0.494 e. The van der Waals surface area contributed by atoms with Gasteiger partial charge in [-0.2, -0.15) is 0 Å². The Hall–Kier alpha value is -2.67. The summed E-state index contributed by atoms with van der Waals surface area (Å²) in [7, 11) is 1.43. The van der Waals surface area contributed by atoms with E-state index in [9.17, 15) is 8.78 Å². The van der Waals surface area contributed by atoms with Crippen LogP contribution in [0.1, 0.15) is 11.1 Å². The topological polar surface area (TPSA) is 47.0 Å². The van der Waals surface area contributed by atoms with Crippen molar-refractivity contribution < 1.29 is 13.5 Å². The Morgan fingerprint density at radius 1 is 1.04 bits per heavy atom. The minimum atomic E-state index is -0.400. The molecule has 0 aliphatic heterocycles. The zero-order valence-corrected chi connectivity index (χ0v) is 14.9. The van der Waals surface area contributed by atoms with Gasteiger partial charge in [-0.3, -0.25) is 0 Å². The van der Waals surface area contributed by atoms with Crippen LogP contribution in [-0.4, -0.2) is 17.1 Å². The fraction of sp³-hybridized carbons (Fsp3) is 0.158. The van der Waals surface area contributed by atoms with Crippen LogP contribution in [0.4, 0.5) is 14.6 Å². The summed E-state index contributed by atoms with van der Waals surface area (Å²) in [6.07, 6.45) is 3.16. The fourth-order valence-electron chi connectivity index (χ4n) is 2.32. The van der Waals surface area contributed by atoms with E-state index in [-0.39, 0.29) is 11.6 Å². The lowest BCUT2D eigenvalue weighted by Gasteiger charge is -2.10. The SMILES string of the molecule is COc1ccc(CSc2nccnc2NCc2ccccc2F)cc1F. The Kier molecular flexibility index (Phi) is 6.01. The van der Waals surface area contributed by atoms with Crippen LogP contribution in [0.5, 0.6) is 5.75 Å². The maximum absolute atomic E-state index is 13.8. The van der Waals surface area contributed by atoms with Crippen molar-refractivity contribution in [3.05, 3.63) is 77.6 Å². The number of hydrogen-bond acceptors (Lipinski definition) is 5. The second-order valence-electron chi connectivity index (χ2n) is 5.41. The molecule has 0 bridgehead atoms. The molecule has 0 saturated carbocycles. The summed E-state index contributed by atoms with van der Waals surface area (Å²) in [4.78, 5) is 8.58. The van der Waals surface area contributed by atoms with Gasteiger partial charge in [0.05, 0.1) is 7.11 Å². The number of anilines is 1. The maximum Gasteiger partial charge on any atom is 0.165 e. The van der Waals surface area contributed by atoms with Gasteiger partial charge in [0.1, 0.15) is 10.8 Å². The Balaban J connectivity index is 1.67. The van der Waals surface area contributed by atoms with Gasteiger partial charge < -0.3 is 10.1 Å². The quantitative estimate of drug-likeness (QED) is 0.610. The van der Waals surface area contributed by atoms with Crippen molar-refractivity contribution in [1.29, 1.82) is 0 Å². The summed E-state index contributed by atoms with van der Waals surface area (Å²) in [6.45, 7) is 0.302. The summed E-state index contributed by atoms with van der Waals surface area (Å²) in [5, 5.41) is 3.77. The number of methoxy groups -OCH3 is 1. The monoisotopic (exact) mass is 373 g/mol. The lowest BCUT2D eigenvalue weighted by molar-refractivity contribution is 0.386. The molecule has 0 saturated heterocycles. The lowest BCUT2D eigenvalue weighted by Crippen LogP contribution is -2.05. The highest BCUT2D eigenvalue weighted by Crippen LogP contribution is 2.28. The van der Waals surface area contributed by atoms with Crippen LogP contribution in [0.25, 0.3) is 0 Å². The Morgan fingerprint density at radius 2 is 1.85 bits per heavy atom. The van der Waals surface area contributed by atoms with Gasteiger partial charge in [0.15, 0.2) is 17.4 Å². The largest absolute Gasteiger partial charge is 0.494 e. The number of aromatic nitrogens is 2. The summed E-state index contributed by atoms with van der Waals surface area (Å²) >= 11 is 1.42. The first-order valence-corrected chi connectivity index (χ1v) is 8.89. The molecule has 0 atom stereocenters. The molecule has 0 aliphatic carbocycles. The van der Waals surface area contributed by atoms with Gasteiger partial charge in [0.25, 0.3) is 0 Å². The van der Waals surface area contributed by atoms with E-state index in [4.69, 9.17) is 4.74 Å². The maximum atomic E-state index is 13.8. The first kappa shape index (κ1) is 18.1. The third-order valence-electron chi connectivity index (χ3n) is 3.66. The summed E-state index contributed by atoms with van der Waals surface area (Å²) < 4.78 is 32.4. The molecule has 3 rings (SSSR count). The van der Waals surface area contributed by atoms with E-state index in [1.807, 2.05) is 0 Å². The van der Waals surface area contributed by atoms with Crippen LogP contribution in [-0.2, 0) is 12.3 Å². The van der Waals surface area contributed by atoms with Crippen molar-refractivity contribution in [2.75, 3.05) is 12.4 Å². The van der Waals surface area contributed by atoms with Crippen molar-refractivity contribution in [2.24, 2.45) is 0 Å². The Morgan fingerprint density at radius 3 is 2.62 bits per heavy atom. The molecule has 2 aromatic carbocycles. The fourth-order valence-corrected chi connectivity index (χ4v) is 3.20. The van der Waals surface area contributed by atoms with E-state index >= 15 is 0 Å². The third kappa shape index (κ3) is 4.49. The Labute approximate surface area is 154 Å². The van der Waals surface area contributed by atoms with Crippen LogP contribution in [0.2, 0.25) is 0 Å². The highest BCUT2D eigenvalue weighted by Gasteiger charge is 2.09. The molecule has 3 aromatic rings. The van der Waals surface area contributed by atoms with Crippen LogP contribution >= 0.6 is 11.8 Å². The molecule has 26 heavy (non-hydrogen) atoms. The van der Waals surface area contributed by atoms with Crippen molar-refractivity contribution in [3.63, 3.8) is 0 Å². The normalized spacial score (nSPS) is 10.6. The van der Waals surface area contributed by atoms with Gasteiger partial charge >= 0.3 is 0 Å². The predicted octanol–water partition coefficient (Wildman–Crippen LogP) is 4.67. The van der Waals surface area contributed by atoms with E-state index in [1.54, 1.807) is 42.7 Å². The smallest absolute Gasteiger partial charge is 0.165 e. The molecule has 0 spiro atoms. The first-order valence-electron chi connectivity index (χ1n) is 7.91. The first-order chi connectivity index (χ1) is 12.7. The lowest BCUT2D eigenvalue weighted by atomic mass is 10.2. The number of rotatable bonds is 7. The van der Waals surface area contributed by atoms with Crippen molar-refractivity contribution in [1.82, 2.24) is 9.97 Å². The van der Waals surface area contributed by atoms with Crippen molar-refractivity contribution >= 4 is 17.6 Å². The third-order valence-corrected chi connectivity index (χ3v) is 4.71. The molecule has 0 unspecified atom stereocenters. The zero-order valence-electron chi connectivity index (χ0n) is 14.1. The van der Waals surface area contributed by atoms with Crippen molar-refractivity contribution in [2.45, 2.75) is 17.3 Å². The standard InChI is InChI=1S/C19H17F2N3OS/c1-25-17-7-6-13(10-16(17)21)12-26-19-18(22-8-9-23-19)24-11-14-4-2-3-5-15(14)20/h2-10H,11-12H2,1H3,(H,22,24). The van der Waals surface area contributed by atoms with Gasteiger partial charge in [-0.1, -0.05) is 36.0 Å². The van der Waals surface area contributed by atoms with Crippen LogP contribution in [0.15, 0.2) is 59.9 Å². The number of benzene rings is 2. The molecule has 134 valence electrons. The van der Waals surface area contributed by atoms with E-state index in [0.717, 1.165) is 5.56 Å². The molecule has 0 amide bonds. The predicted molar refractivity (Wildman–Crippen MR) is 98.3 cm³/mol. The minimum absolute atomic E-state index is 0.213. The molecule has 4 nitrogen and oxygen atoms in total. The number of halogens is 2. The van der Waals surface area contributed by atoms with Crippen LogP contribution in [0.3, 0.4) is 0 Å². The second kappa shape index (κ2) is 8.62. The number of nitrogens with zero attached hydrogens (tertiary/aromatic N) is 2. The number of thioether (sulfide) groups is 1. The van der Waals surface area contributed by atoms with Crippen LogP contribution in [0, 0.1) is 11.6 Å². The van der Waals surface area contributed by atoms with E-state index in [1.165, 1.54) is 31.0 Å². The van der Waals surface area contributed by atoms with Gasteiger partial charge in [0.2, 0.25) is 0 Å². The molecular formula is C19H17F2N3OS. The van der Waals surface area contributed by atoms with Gasteiger partial charge in [-0.25, -0.2) is 18.7 Å². The molecule has 0 fully saturated rings. The average Bonchev–Trinajstić information content (AvgIpc) is 2.66. The molecule has 1 N–H and O–H groups in total. The van der Waals surface area contributed by atoms with E-state index < -0.39 is 5.82 Å². The van der Waals surface area contributed by atoms with E-state index in [0.29, 0.717) is 28.7 Å². The van der Waals surface area contributed by atoms with Crippen molar-refractivity contribution in [3.8, 4) is 5.75 Å². The summed E-state index contributed by atoms with van der Waals surface area (Å²) in [5.74, 6) is 0.628. The highest BCUT2D eigenvalue weighted by atomic mass is 32.2. The second-order valence-corrected chi connectivity index (χ2v) is 6.38. The molecule has 0 aliphatic rings. The molecule has 7 heteroatoms. The Bertz CT molecular complexity index is 892. The molecular weight excluding hydrogens is 356 g/mol. The van der Waals surface area contributed by atoms with Gasteiger partial charge in [-0.05, 0) is 23.8 Å². The molecule has 1 heterocycles. The highest BCUT2D eigenvalue weighted by molar-refractivity contribution is 7.98. The van der Waals surface area contributed by atoms with Gasteiger partial charge in [-0.15, -0.1) is 0 Å². The number of hydrogen-bond donors (Lipinski definition) is 1. The zero-order chi connectivity index (χ0) is 18.4. The number of ether oxygens (including phenoxy) is 1. The molecule has 0 radical (unpaired) electrons. The summed E-state index contributed by atoms with van der Waals surface area (Å²) in [6, 6.07) is 11.4. The van der Waals surface area contributed by atoms with Crippen LogP contribution < -0.4 is 10.1 Å². The van der Waals surface area contributed by atoms with E-state index in [2.05, 4.69) is 15.3 Å². The van der Waals surface area contributed by atoms with Gasteiger partial charge in [0, 0.05) is 30.3 Å². The average molecular weight is 373 g/mol. The summed E-state index contributed by atoms with van der Waals surface area (Å²) in [5.41, 5.74) is 1.35. The number of nitrogens with one attached hydrogen (secondary N) is 1. The molecule has 1 aromatic heterocycles.